The SMILES string of the molecule is CC(=O)N(CC(=O)N1CCc2sccc2[C@H]1COc1ccc(Cl)cc1)CC(C)C. The van der Waals surface area contributed by atoms with Crippen LogP contribution in [0.1, 0.15) is 37.3 Å². The highest BCUT2D eigenvalue weighted by Gasteiger charge is 2.33. The summed E-state index contributed by atoms with van der Waals surface area (Å²) < 4.78 is 6.00. The second kappa shape index (κ2) is 9.63. The normalized spacial score (nSPS) is 15.9. The summed E-state index contributed by atoms with van der Waals surface area (Å²) in [4.78, 5) is 29.9. The Morgan fingerprint density at radius 3 is 2.66 bits per heavy atom. The minimum atomic E-state index is -0.166. The topological polar surface area (TPSA) is 49.9 Å². The number of amides is 2. The molecule has 1 aromatic carbocycles. The monoisotopic (exact) mass is 434 g/mol. The van der Waals surface area contributed by atoms with E-state index in [1.54, 1.807) is 28.4 Å². The number of carbonyl (C=O) groups excluding carboxylic acids is 2. The molecule has 2 heterocycles. The van der Waals surface area contributed by atoms with Gasteiger partial charge in [0.25, 0.3) is 0 Å². The molecule has 0 fully saturated rings. The summed E-state index contributed by atoms with van der Waals surface area (Å²) in [5.41, 5.74) is 1.14. The van der Waals surface area contributed by atoms with Crippen molar-refractivity contribution in [3.63, 3.8) is 0 Å². The molecule has 0 spiro atoms. The van der Waals surface area contributed by atoms with Crippen LogP contribution < -0.4 is 4.74 Å². The van der Waals surface area contributed by atoms with Gasteiger partial charge in [0.15, 0.2) is 0 Å². The molecule has 0 saturated carbocycles. The van der Waals surface area contributed by atoms with E-state index in [1.807, 2.05) is 30.9 Å². The highest BCUT2D eigenvalue weighted by Crippen LogP contribution is 2.34. The van der Waals surface area contributed by atoms with Gasteiger partial charge in [-0.25, -0.2) is 0 Å². The summed E-state index contributed by atoms with van der Waals surface area (Å²) in [6, 6.07) is 9.13. The molecular formula is C22H27ClN2O3S. The van der Waals surface area contributed by atoms with Gasteiger partial charge in [-0.2, -0.15) is 0 Å². The van der Waals surface area contributed by atoms with E-state index >= 15 is 0 Å². The summed E-state index contributed by atoms with van der Waals surface area (Å²) in [5, 5.41) is 2.72. The first-order valence-corrected chi connectivity index (χ1v) is 11.1. The predicted molar refractivity (Wildman–Crippen MR) is 117 cm³/mol. The zero-order valence-corrected chi connectivity index (χ0v) is 18.6. The van der Waals surface area contributed by atoms with Gasteiger partial charge < -0.3 is 14.5 Å². The van der Waals surface area contributed by atoms with Crippen LogP contribution in [-0.4, -0.2) is 47.9 Å². The molecule has 0 saturated heterocycles. The van der Waals surface area contributed by atoms with E-state index in [9.17, 15) is 9.59 Å². The van der Waals surface area contributed by atoms with Gasteiger partial charge in [-0.3, -0.25) is 9.59 Å². The van der Waals surface area contributed by atoms with Gasteiger partial charge in [0.2, 0.25) is 11.8 Å². The molecule has 1 aliphatic rings. The van der Waals surface area contributed by atoms with E-state index in [0.29, 0.717) is 36.4 Å². The fourth-order valence-electron chi connectivity index (χ4n) is 3.58. The molecule has 29 heavy (non-hydrogen) atoms. The summed E-state index contributed by atoms with van der Waals surface area (Å²) in [6.45, 7) is 7.28. The lowest BCUT2D eigenvalue weighted by atomic mass is 10.0. The third-order valence-electron chi connectivity index (χ3n) is 4.99. The van der Waals surface area contributed by atoms with E-state index in [2.05, 4.69) is 11.4 Å². The second-order valence-corrected chi connectivity index (χ2v) is 9.15. The average molecular weight is 435 g/mol. The maximum atomic E-state index is 13.2. The molecule has 5 nitrogen and oxygen atoms in total. The molecule has 0 N–H and O–H groups in total. The fraction of sp³-hybridized carbons (Fsp3) is 0.455. The van der Waals surface area contributed by atoms with E-state index in [4.69, 9.17) is 16.3 Å². The van der Waals surface area contributed by atoms with E-state index in [0.717, 1.165) is 12.0 Å². The zero-order chi connectivity index (χ0) is 21.0. The van der Waals surface area contributed by atoms with Crippen LogP contribution in [0.4, 0.5) is 0 Å². The molecule has 0 aliphatic carbocycles. The summed E-state index contributed by atoms with van der Waals surface area (Å²) in [5.74, 6) is 0.909. The highest BCUT2D eigenvalue weighted by atomic mass is 35.5. The maximum absolute atomic E-state index is 13.2. The highest BCUT2D eigenvalue weighted by molar-refractivity contribution is 7.10. The smallest absolute Gasteiger partial charge is 0.242 e. The van der Waals surface area contributed by atoms with E-state index in [-0.39, 0.29) is 24.4 Å². The van der Waals surface area contributed by atoms with Crippen molar-refractivity contribution in [3.05, 3.63) is 51.2 Å². The predicted octanol–water partition coefficient (Wildman–Crippen LogP) is 4.41. The number of hydrogen-bond donors (Lipinski definition) is 0. The van der Waals surface area contributed by atoms with E-state index < -0.39 is 0 Å². The Kier molecular flexibility index (Phi) is 7.19. The lowest BCUT2D eigenvalue weighted by Crippen LogP contribution is -2.48. The molecule has 1 atom stereocenters. The molecule has 0 unspecified atom stereocenters. The molecule has 0 bridgehead atoms. The minimum absolute atomic E-state index is 0.0394. The average Bonchev–Trinajstić information content (AvgIpc) is 3.15. The molecular weight excluding hydrogens is 408 g/mol. The Morgan fingerprint density at radius 1 is 1.28 bits per heavy atom. The number of fused-ring (bicyclic) bond motifs is 1. The van der Waals surface area contributed by atoms with Crippen molar-refractivity contribution in [2.75, 3.05) is 26.2 Å². The summed E-state index contributed by atoms with van der Waals surface area (Å²) in [7, 11) is 0. The number of nitrogens with zero attached hydrogens (tertiary/aromatic N) is 2. The Morgan fingerprint density at radius 2 is 2.00 bits per heavy atom. The van der Waals surface area contributed by atoms with Crippen LogP contribution in [-0.2, 0) is 16.0 Å². The van der Waals surface area contributed by atoms with Gasteiger partial charge in [0.05, 0.1) is 12.6 Å². The van der Waals surface area contributed by atoms with Crippen molar-refractivity contribution >= 4 is 34.8 Å². The van der Waals surface area contributed by atoms with Gasteiger partial charge in [0.1, 0.15) is 12.4 Å². The number of benzene rings is 1. The molecule has 1 aromatic heterocycles. The molecule has 7 heteroatoms. The van der Waals surface area contributed by atoms with Gasteiger partial charge >= 0.3 is 0 Å². The number of carbonyl (C=O) groups is 2. The van der Waals surface area contributed by atoms with Crippen molar-refractivity contribution < 1.29 is 14.3 Å². The first-order valence-electron chi connectivity index (χ1n) is 9.84. The molecule has 3 rings (SSSR count). The standard InChI is InChI=1S/C22H27ClN2O3S/c1-15(2)12-24(16(3)26)13-22(27)25-10-8-21-19(9-11-29-21)20(25)14-28-18-6-4-17(23)5-7-18/h4-7,9,11,15,20H,8,10,12-14H2,1-3H3/t20-/m1/s1. The number of rotatable bonds is 7. The van der Waals surface area contributed by atoms with Crippen molar-refractivity contribution in [3.8, 4) is 5.75 Å². The molecule has 0 radical (unpaired) electrons. The lowest BCUT2D eigenvalue weighted by molar-refractivity contribution is -0.142. The number of halogens is 1. The number of thiophene rings is 1. The Labute approximate surface area is 181 Å². The third kappa shape index (κ3) is 5.52. The van der Waals surface area contributed by atoms with Gasteiger partial charge in [-0.05, 0) is 53.6 Å². The van der Waals surface area contributed by atoms with Crippen LogP contribution in [0.2, 0.25) is 5.02 Å². The second-order valence-electron chi connectivity index (χ2n) is 7.71. The third-order valence-corrected chi connectivity index (χ3v) is 6.24. The van der Waals surface area contributed by atoms with Crippen molar-refractivity contribution in [2.45, 2.75) is 33.2 Å². The first kappa shape index (κ1) is 21.7. The van der Waals surface area contributed by atoms with Crippen LogP contribution in [0.5, 0.6) is 5.75 Å². The Hall–Kier alpha value is -2.05. The summed E-state index contributed by atoms with van der Waals surface area (Å²) in [6.07, 6.45) is 0.834. The van der Waals surface area contributed by atoms with Crippen LogP contribution >= 0.6 is 22.9 Å². The van der Waals surface area contributed by atoms with Crippen LogP contribution in [0.3, 0.4) is 0 Å². The zero-order valence-electron chi connectivity index (χ0n) is 17.1. The van der Waals surface area contributed by atoms with Crippen molar-refractivity contribution in [1.82, 2.24) is 9.80 Å². The van der Waals surface area contributed by atoms with Crippen LogP contribution in [0.15, 0.2) is 35.7 Å². The maximum Gasteiger partial charge on any atom is 0.242 e. The first-order chi connectivity index (χ1) is 13.8. The molecule has 2 aromatic rings. The largest absolute Gasteiger partial charge is 0.491 e. The molecule has 1 aliphatic heterocycles. The molecule has 156 valence electrons. The van der Waals surface area contributed by atoms with Gasteiger partial charge in [-0.1, -0.05) is 25.4 Å². The lowest BCUT2D eigenvalue weighted by Gasteiger charge is -2.37. The van der Waals surface area contributed by atoms with Gasteiger partial charge in [0, 0.05) is 29.9 Å². The van der Waals surface area contributed by atoms with Crippen molar-refractivity contribution in [1.29, 1.82) is 0 Å². The van der Waals surface area contributed by atoms with E-state index in [1.165, 1.54) is 11.8 Å². The number of ether oxygens (including phenoxy) is 1. The fourth-order valence-corrected chi connectivity index (χ4v) is 4.63. The molecule has 2 amide bonds. The summed E-state index contributed by atoms with van der Waals surface area (Å²) >= 11 is 7.67. The number of hydrogen-bond acceptors (Lipinski definition) is 4. The quantitative estimate of drug-likeness (QED) is 0.648. The Balaban J connectivity index is 1.75. The minimum Gasteiger partial charge on any atom is -0.491 e. The van der Waals surface area contributed by atoms with Gasteiger partial charge in [-0.15, -0.1) is 11.3 Å². The van der Waals surface area contributed by atoms with Crippen LogP contribution in [0.25, 0.3) is 0 Å². The Bertz CT molecular complexity index is 850. The van der Waals surface area contributed by atoms with Crippen molar-refractivity contribution in [2.24, 2.45) is 5.92 Å². The van der Waals surface area contributed by atoms with Crippen LogP contribution in [0, 0.1) is 5.92 Å².